The molecular formula is C11H16N4O. The molecular weight excluding hydrogens is 204 g/mol. The normalized spacial score (nSPS) is 19.9. The number of carbonyl (C=O) groups is 1. The van der Waals surface area contributed by atoms with Gasteiger partial charge in [0.05, 0.1) is 11.7 Å². The number of pyridine rings is 1. The maximum absolute atomic E-state index is 11.6. The lowest BCUT2D eigenvalue weighted by atomic mass is 10.2. The van der Waals surface area contributed by atoms with Gasteiger partial charge in [-0.1, -0.05) is 6.07 Å². The number of carbonyl (C=O) groups excluding carboxylic acids is 1. The average molecular weight is 220 g/mol. The number of amides is 2. The van der Waals surface area contributed by atoms with E-state index in [2.05, 4.69) is 15.6 Å². The Bertz CT molecular complexity index is 354. The van der Waals surface area contributed by atoms with E-state index in [1.807, 2.05) is 25.2 Å². The van der Waals surface area contributed by atoms with E-state index in [0.29, 0.717) is 6.54 Å². The monoisotopic (exact) mass is 220 g/mol. The Kier molecular flexibility index (Phi) is 3.36. The second-order valence-electron chi connectivity index (χ2n) is 3.81. The molecule has 0 aromatic carbocycles. The second kappa shape index (κ2) is 4.94. The number of hydrogen-bond donors (Lipinski definition) is 2. The van der Waals surface area contributed by atoms with Crippen LogP contribution in [-0.4, -0.2) is 42.6 Å². The summed E-state index contributed by atoms with van der Waals surface area (Å²) >= 11 is 0. The van der Waals surface area contributed by atoms with E-state index in [1.54, 1.807) is 11.1 Å². The topological polar surface area (TPSA) is 57.3 Å². The molecule has 1 aliphatic rings. The van der Waals surface area contributed by atoms with E-state index >= 15 is 0 Å². The predicted octanol–water partition coefficient (Wildman–Crippen LogP) is 0.367. The molecule has 2 heterocycles. The lowest BCUT2D eigenvalue weighted by Crippen LogP contribution is -2.33. The molecule has 1 unspecified atom stereocenters. The summed E-state index contributed by atoms with van der Waals surface area (Å²) < 4.78 is 0. The van der Waals surface area contributed by atoms with Gasteiger partial charge < -0.3 is 15.5 Å². The number of aromatic nitrogens is 1. The molecule has 1 aromatic heterocycles. The minimum atomic E-state index is -0.00842. The van der Waals surface area contributed by atoms with E-state index in [9.17, 15) is 4.79 Å². The predicted molar refractivity (Wildman–Crippen MR) is 61.0 cm³/mol. The van der Waals surface area contributed by atoms with Crippen LogP contribution in [0.4, 0.5) is 4.79 Å². The number of nitrogens with one attached hydrogen (secondary N) is 2. The van der Waals surface area contributed by atoms with E-state index in [1.165, 1.54) is 0 Å². The van der Waals surface area contributed by atoms with Gasteiger partial charge in [0.1, 0.15) is 0 Å². The third kappa shape index (κ3) is 2.30. The van der Waals surface area contributed by atoms with Crippen LogP contribution in [0.3, 0.4) is 0 Å². The first-order valence-electron chi connectivity index (χ1n) is 5.42. The van der Waals surface area contributed by atoms with E-state index < -0.39 is 0 Å². The lowest BCUT2D eigenvalue weighted by molar-refractivity contribution is 0.218. The highest BCUT2D eigenvalue weighted by atomic mass is 16.2. The first kappa shape index (κ1) is 10.9. The molecule has 2 rings (SSSR count). The van der Waals surface area contributed by atoms with Crippen LogP contribution in [-0.2, 0) is 0 Å². The third-order valence-electron chi connectivity index (χ3n) is 2.66. The summed E-state index contributed by atoms with van der Waals surface area (Å²) in [5.74, 6) is 0. The van der Waals surface area contributed by atoms with Gasteiger partial charge in [0.15, 0.2) is 0 Å². The largest absolute Gasteiger partial charge is 0.328 e. The van der Waals surface area contributed by atoms with Gasteiger partial charge in [-0.05, 0) is 19.2 Å². The maximum atomic E-state index is 11.6. The van der Waals surface area contributed by atoms with Crippen molar-refractivity contribution in [3.05, 3.63) is 30.1 Å². The molecule has 86 valence electrons. The quantitative estimate of drug-likeness (QED) is 0.770. The van der Waals surface area contributed by atoms with Crippen molar-refractivity contribution in [1.82, 2.24) is 20.5 Å². The van der Waals surface area contributed by atoms with Gasteiger partial charge in [0.25, 0.3) is 0 Å². The highest BCUT2D eigenvalue weighted by molar-refractivity contribution is 5.77. The van der Waals surface area contributed by atoms with E-state index in [4.69, 9.17) is 0 Å². The summed E-state index contributed by atoms with van der Waals surface area (Å²) in [5, 5.41) is 5.96. The molecule has 0 spiro atoms. The molecule has 2 amide bonds. The molecule has 16 heavy (non-hydrogen) atoms. The van der Waals surface area contributed by atoms with Crippen LogP contribution in [0.2, 0.25) is 0 Å². The van der Waals surface area contributed by atoms with Crippen LogP contribution in [0.15, 0.2) is 24.4 Å². The number of nitrogens with zero attached hydrogens (tertiary/aromatic N) is 2. The van der Waals surface area contributed by atoms with Gasteiger partial charge in [0.2, 0.25) is 0 Å². The van der Waals surface area contributed by atoms with Crippen LogP contribution >= 0.6 is 0 Å². The zero-order valence-corrected chi connectivity index (χ0v) is 9.31. The van der Waals surface area contributed by atoms with Crippen molar-refractivity contribution in [1.29, 1.82) is 0 Å². The molecule has 5 nitrogen and oxygen atoms in total. The molecule has 0 bridgehead atoms. The Labute approximate surface area is 94.9 Å². The molecule has 0 aliphatic carbocycles. The fourth-order valence-electron chi connectivity index (χ4n) is 1.78. The maximum Gasteiger partial charge on any atom is 0.318 e. The Morgan fingerprint density at radius 3 is 3.19 bits per heavy atom. The summed E-state index contributed by atoms with van der Waals surface area (Å²) in [7, 11) is 1.88. The first-order valence-corrected chi connectivity index (χ1v) is 5.42. The first-order chi connectivity index (χ1) is 7.81. The van der Waals surface area contributed by atoms with Crippen molar-refractivity contribution >= 4 is 6.03 Å². The third-order valence-corrected chi connectivity index (χ3v) is 2.66. The highest BCUT2D eigenvalue weighted by Crippen LogP contribution is 2.17. The van der Waals surface area contributed by atoms with Gasteiger partial charge in [-0.25, -0.2) is 4.79 Å². The average Bonchev–Trinajstić information content (AvgIpc) is 2.69. The van der Waals surface area contributed by atoms with Gasteiger partial charge in [-0.2, -0.15) is 0 Å². The second-order valence-corrected chi connectivity index (χ2v) is 3.81. The van der Waals surface area contributed by atoms with Crippen molar-refractivity contribution in [2.24, 2.45) is 0 Å². The van der Waals surface area contributed by atoms with Crippen molar-refractivity contribution in [2.45, 2.75) is 6.04 Å². The van der Waals surface area contributed by atoms with Gasteiger partial charge >= 0.3 is 6.03 Å². The number of hydrogen-bond acceptors (Lipinski definition) is 3. The van der Waals surface area contributed by atoms with Crippen molar-refractivity contribution < 1.29 is 4.79 Å². The molecule has 2 N–H and O–H groups in total. The fraction of sp³-hybridized carbons (Fsp3) is 0.455. The lowest BCUT2D eigenvalue weighted by Gasteiger charge is -2.13. The Hall–Kier alpha value is -1.62. The zero-order valence-electron chi connectivity index (χ0n) is 9.31. The molecule has 1 aliphatic heterocycles. The number of likely N-dealkylation sites (N-methyl/N-ethyl adjacent to an activating group) is 1. The van der Waals surface area contributed by atoms with Crippen molar-refractivity contribution in [3.63, 3.8) is 0 Å². The van der Waals surface area contributed by atoms with Crippen LogP contribution in [0.5, 0.6) is 0 Å². The molecule has 0 radical (unpaired) electrons. The van der Waals surface area contributed by atoms with Gasteiger partial charge in [-0.3, -0.25) is 4.98 Å². The van der Waals surface area contributed by atoms with Crippen molar-refractivity contribution in [3.8, 4) is 0 Å². The highest BCUT2D eigenvalue weighted by Gasteiger charge is 2.29. The molecule has 0 saturated carbocycles. The van der Waals surface area contributed by atoms with Gasteiger partial charge in [-0.15, -0.1) is 0 Å². The van der Waals surface area contributed by atoms with Crippen LogP contribution in [0.25, 0.3) is 0 Å². The Balaban J connectivity index is 1.98. The van der Waals surface area contributed by atoms with E-state index in [0.717, 1.165) is 18.8 Å². The van der Waals surface area contributed by atoms with E-state index in [-0.39, 0.29) is 12.1 Å². The minimum Gasteiger partial charge on any atom is -0.328 e. The summed E-state index contributed by atoms with van der Waals surface area (Å²) in [4.78, 5) is 17.7. The SMILES string of the molecule is CNCCN1CC(c2ccccn2)NC1=O. The van der Waals surface area contributed by atoms with Gasteiger partial charge in [0, 0.05) is 25.8 Å². The minimum absolute atomic E-state index is 0.00842. The number of urea groups is 1. The zero-order chi connectivity index (χ0) is 11.4. The summed E-state index contributed by atoms with van der Waals surface area (Å²) in [6.07, 6.45) is 1.75. The molecule has 1 fully saturated rings. The van der Waals surface area contributed by atoms with Crippen LogP contribution in [0.1, 0.15) is 11.7 Å². The smallest absolute Gasteiger partial charge is 0.318 e. The van der Waals surface area contributed by atoms with Crippen molar-refractivity contribution in [2.75, 3.05) is 26.7 Å². The molecule has 1 saturated heterocycles. The van der Waals surface area contributed by atoms with Crippen LogP contribution in [0, 0.1) is 0 Å². The number of rotatable bonds is 4. The standard InChI is InChI=1S/C11H16N4O/c1-12-6-7-15-8-10(14-11(15)16)9-4-2-3-5-13-9/h2-5,10,12H,6-8H2,1H3,(H,14,16). The van der Waals surface area contributed by atoms with Crippen LogP contribution < -0.4 is 10.6 Å². The summed E-state index contributed by atoms with van der Waals surface area (Å²) in [6, 6.07) is 5.76. The molecule has 1 aromatic rings. The summed E-state index contributed by atoms with van der Waals surface area (Å²) in [6.45, 7) is 2.23. The summed E-state index contributed by atoms with van der Waals surface area (Å²) in [5.41, 5.74) is 0.919. The molecule has 5 heteroatoms. The Morgan fingerprint density at radius 2 is 2.50 bits per heavy atom. The Morgan fingerprint density at radius 1 is 1.62 bits per heavy atom. The fourth-order valence-corrected chi connectivity index (χ4v) is 1.78. The molecule has 1 atom stereocenters.